The minimum atomic E-state index is -0.754. The van der Waals surface area contributed by atoms with Gasteiger partial charge < -0.3 is 9.47 Å². The van der Waals surface area contributed by atoms with Gasteiger partial charge in [0, 0.05) is 5.92 Å². The third-order valence-corrected chi connectivity index (χ3v) is 6.22. The summed E-state index contributed by atoms with van der Waals surface area (Å²) in [6.45, 7) is 0.911. The highest BCUT2D eigenvalue weighted by Gasteiger charge is 2.38. The zero-order valence-electron chi connectivity index (χ0n) is 16.8. The Balaban J connectivity index is 1.27. The lowest BCUT2D eigenvalue weighted by Gasteiger charge is -2.36. The van der Waals surface area contributed by atoms with Crippen LogP contribution in [0.3, 0.4) is 0 Å². The Kier molecular flexibility index (Phi) is 5.27. The molecule has 3 heteroatoms. The summed E-state index contributed by atoms with van der Waals surface area (Å²) in [6, 6.07) is 28.6. The van der Waals surface area contributed by atoms with Crippen molar-refractivity contribution in [2.75, 3.05) is 13.2 Å². The van der Waals surface area contributed by atoms with Gasteiger partial charge in [0.1, 0.15) is 17.7 Å². The SMILES string of the molecule is FC1CCC1C(COc1ccc2ccccc2c1)COc1ccc2ccccc2c1. The first kappa shape index (κ1) is 18.9. The van der Waals surface area contributed by atoms with Gasteiger partial charge in [-0.1, -0.05) is 60.7 Å². The van der Waals surface area contributed by atoms with Crippen molar-refractivity contribution >= 4 is 21.5 Å². The Labute approximate surface area is 176 Å². The van der Waals surface area contributed by atoms with Crippen molar-refractivity contribution in [3.63, 3.8) is 0 Å². The van der Waals surface area contributed by atoms with E-state index in [0.29, 0.717) is 19.6 Å². The van der Waals surface area contributed by atoms with Gasteiger partial charge in [0.25, 0.3) is 0 Å². The first-order chi connectivity index (χ1) is 14.8. The molecule has 2 atom stereocenters. The van der Waals surface area contributed by atoms with Gasteiger partial charge in [-0.2, -0.15) is 0 Å². The fraction of sp³-hybridized carbons (Fsp3) is 0.259. The van der Waals surface area contributed by atoms with E-state index in [1.807, 2.05) is 48.5 Å². The maximum absolute atomic E-state index is 14.2. The smallest absolute Gasteiger partial charge is 0.119 e. The molecule has 152 valence electrons. The molecule has 2 unspecified atom stereocenters. The van der Waals surface area contributed by atoms with E-state index in [9.17, 15) is 4.39 Å². The third-order valence-electron chi connectivity index (χ3n) is 6.22. The van der Waals surface area contributed by atoms with Crippen LogP contribution in [-0.2, 0) is 0 Å². The van der Waals surface area contributed by atoms with Crippen molar-refractivity contribution in [2.45, 2.75) is 19.0 Å². The molecule has 0 aliphatic heterocycles. The van der Waals surface area contributed by atoms with Gasteiger partial charge >= 0.3 is 0 Å². The summed E-state index contributed by atoms with van der Waals surface area (Å²) in [5, 5.41) is 4.66. The van der Waals surface area contributed by atoms with Crippen LogP contribution in [0.4, 0.5) is 4.39 Å². The molecule has 2 nitrogen and oxygen atoms in total. The Hall–Kier alpha value is -3.07. The molecule has 0 amide bonds. The predicted octanol–water partition coefficient (Wildman–Crippen LogP) is 6.82. The minimum Gasteiger partial charge on any atom is -0.493 e. The molecule has 0 heterocycles. The van der Waals surface area contributed by atoms with E-state index < -0.39 is 6.17 Å². The van der Waals surface area contributed by atoms with Crippen molar-refractivity contribution in [2.24, 2.45) is 11.8 Å². The van der Waals surface area contributed by atoms with E-state index in [-0.39, 0.29) is 11.8 Å². The summed E-state index contributed by atoms with van der Waals surface area (Å²) < 4.78 is 26.4. The van der Waals surface area contributed by atoms with Crippen LogP contribution < -0.4 is 9.47 Å². The molecular formula is C27H25FO2. The van der Waals surface area contributed by atoms with Gasteiger partial charge in [0.15, 0.2) is 0 Å². The third kappa shape index (κ3) is 3.97. The Morgan fingerprint density at radius 3 is 1.60 bits per heavy atom. The van der Waals surface area contributed by atoms with Crippen LogP contribution in [0.2, 0.25) is 0 Å². The largest absolute Gasteiger partial charge is 0.493 e. The average Bonchev–Trinajstić information content (AvgIpc) is 2.79. The van der Waals surface area contributed by atoms with Crippen LogP contribution in [-0.4, -0.2) is 19.4 Å². The summed E-state index contributed by atoms with van der Waals surface area (Å²) in [5.74, 6) is 1.66. The summed E-state index contributed by atoms with van der Waals surface area (Å²) in [4.78, 5) is 0. The molecule has 0 saturated heterocycles. The van der Waals surface area contributed by atoms with Crippen LogP contribution in [0.5, 0.6) is 11.5 Å². The van der Waals surface area contributed by atoms with Gasteiger partial charge in [-0.3, -0.25) is 0 Å². The number of rotatable bonds is 7. The van der Waals surface area contributed by atoms with Crippen LogP contribution in [0, 0.1) is 11.8 Å². The number of benzene rings is 4. The molecule has 0 radical (unpaired) electrons. The minimum absolute atomic E-state index is 0.00547. The molecular weight excluding hydrogens is 375 g/mol. The molecule has 1 aliphatic rings. The topological polar surface area (TPSA) is 18.5 Å². The van der Waals surface area contributed by atoms with Gasteiger partial charge in [0.2, 0.25) is 0 Å². The van der Waals surface area contributed by atoms with Crippen molar-refractivity contribution in [3.05, 3.63) is 84.9 Å². The van der Waals surface area contributed by atoms with Crippen molar-refractivity contribution < 1.29 is 13.9 Å². The van der Waals surface area contributed by atoms with Gasteiger partial charge in [0.05, 0.1) is 13.2 Å². The van der Waals surface area contributed by atoms with Crippen LogP contribution in [0.15, 0.2) is 84.9 Å². The van der Waals surface area contributed by atoms with Crippen molar-refractivity contribution in [1.29, 1.82) is 0 Å². The highest BCUT2D eigenvalue weighted by molar-refractivity contribution is 5.84. The van der Waals surface area contributed by atoms with E-state index in [1.165, 1.54) is 10.8 Å². The van der Waals surface area contributed by atoms with E-state index in [4.69, 9.17) is 9.47 Å². The quantitative estimate of drug-likeness (QED) is 0.339. The first-order valence-corrected chi connectivity index (χ1v) is 10.6. The number of alkyl halides is 1. The van der Waals surface area contributed by atoms with Crippen molar-refractivity contribution in [3.8, 4) is 11.5 Å². The molecule has 0 spiro atoms. The lowest BCUT2D eigenvalue weighted by molar-refractivity contribution is 0.0167. The zero-order chi connectivity index (χ0) is 20.3. The molecule has 30 heavy (non-hydrogen) atoms. The van der Waals surface area contributed by atoms with Gasteiger partial charge in [-0.25, -0.2) is 4.39 Å². The van der Waals surface area contributed by atoms with E-state index in [1.54, 1.807) is 0 Å². The van der Waals surface area contributed by atoms with E-state index in [2.05, 4.69) is 36.4 Å². The maximum Gasteiger partial charge on any atom is 0.119 e. The fourth-order valence-corrected chi connectivity index (χ4v) is 4.23. The number of fused-ring (bicyclic) bond motifs is 2. The van der Waals surface area contributed by atoms with Gasteiger partial charge in [-0.15, -0.1) is 0 Å². The monoisotopic (exact) mass is 400 g/mol. The number of ether oxygens (including phenoxy) is 2. The lowest BCUT2D eigenvalue weighted by atomic mass is 9.74. The normalized spacial score (nSPS) is 18.5. The zero-order valence-corrected chi connectivity index (χ0v) is 16.8. The molecule has 1 aliphatic carbocycles. The highest BCUT2D eigenvalue weighted by Crippen LogP contribution is 2.37. The molecule has 0 bridgehead atoms. The molecule has 1 saturated carbocycles. The molecule has 1 fully saturated rings. The second-order valence-electron chi connectivity index (χ2n) is 8.16. The lowest BCUT2D eigenvalue weighted by Crippen LogP contribution is -2.39. The van der Waals surface area contributed by atoms with E-state index >= 15 is 0 Å². The fourth-order valence-electron chi connectivity index (χ4n) is 4.23. The number of hydrogen-bond donors (Lipinski definition) is 0. The molecule has 5 rings (SSSR count). The maximum atomic E-state index is 14.2. The van der Waals surface area contributed by atoms with E-state index in [0.717, 1.165) is 28.7 Å². The second-order valence-corrected chi connectivity index (χ2v) is 8.16. The average molecular weight is 400 g/mol. The summed E-state index contributed by atoms with van der Waals surface area (Å²) >= 11 is 0. The molecule has 4 aromatic carbocycles. The Bertz CT molecular complexity index is 1070. The number of hydrogen-bond acceptors (Lipinski definition) is 2. The summed E-state index contributed by atoms with van der Waals surface area (Å²) in [7, 11) is 0. The van der Waals surface area contributed by atoms with Crippen LogP contribution >= 0.6 is 0 Å². The van der Waals surface area contributed by atoms with Crippen LogP contribution in [0.25, 0.3) is 21.5 Å². The Morgan fingerprint density at radius 2 is 1.17 bits per heavy atom. The van der Waals surface area contributed by atoms with Gasteiger partial charge in [-0.05, 0) is 64.6 Å². The number of halogens is 1. The summed E-state index contributed by atoms with van der Waals surface area (Å²) in [5.41, 5.74) is 0. The standard InChI is InChI=1S/C27H25FO2/c28-27-14-13-26(27)23(17-29-24-11-9-19-5-1-3-7-21(19)15-24)18-30-25-12-10-20-6-2-4-8-22(20)16-25/h1-12,15-16,23,26-27H,13-14,17-18H2. The van der Waals surface area contributed by atoms with Crippen LogP contribution in [0.1, 0.15) is 12.8 Å². The molecule has 0 aromatic heterocycles. The van der Waals surface area contributed by atoms with Crippen molar-refractivity contribution in [1.82, 2.24) is 0 Å². The summed E-state index contributed by atoms with van der Waals surface area (Å²) in [6.07, 6.45) is 0.789. The highest BCUT2D eigenvalue weighted by atomic mass is 19.1. The Morgan fingerprint density at radius 1 is 0.667 bits per heavy atom. The second kappa shape index (κ2) is 8.35. The molecule has 4 aromatic rings. The predicted molar refractivity (Wildman–Crippen MR) is 120 cm³/mol. The molecule has 0 N–H and O–H groups in total. The first-order valence-electron chi connectivity index (χ1n) is 10.6.